The SMILES string of the molecule is CCNC(C)(CO)CN1CCC(CC)(CC)CC1. The van der Waals surface area contributed by atoms with Crippen LogP contribution in [-0.4, -0.2) is 48.3 Å². The predicted octanol–water partition coefficient (Wildman–Crippen LogP) is 2.25. The van der Waals surface area contributed by atoms with Gasteiger partial charge in [0.15, 0.2) is 0 Å². The van der Waals surface area contributed by atoms with Crippen LogP contribution in [-0.2, 0) is 0 Å². The van der Waals surface area contributed by atoms with E-state index < -0.39 is 0 Å². The van der Waals surface area contributed by atoms with E-state index in [4.69, 9.17) is 0 Å². The highest BCUT2D eigenvalue weighted by Crippen LogP contribution is 2.38. The largest absolute Gasteiger partial charge is 0.394 e. The van der Waals surface area contributed by atoms with Crippen molar-refractivity contribution >= 4 is 0 Å². The highest BCUT2D eigenvalue weighted by Gasteiger charge is 2.33. The Bertz CT molecular complexity index is 231. The summed E-state index contributed by atoms with van der Waals surface area (Å²) >= 11 is 0. The first-order valence-corrected chi connectivity index (χ1v) is 7.61. The zero-order valence-corrected chi connectivity index (χ0v) is 12.8. The Morgan fingerprint density at radius 1 is 1.17 bits per heavy atom. The van der Waals surface area contributed by atoms with Gasteiger partial charge in [0.2, 0.25) is 0 Å². The number of likely N-dealkylation sites (N-methyl/N-ethyl adjacent to an activating group) is 1. The Kier molecular flexibility index (Phi) is 6.09. The van der Waals surface area contributed by atoms with Crippen molar-refractivity contribution in [1.82, 2.24) is 10.2 Å². The minimum Gasteiger partial charge on any atom is -0.394 e. The Balaban J connectivity index is 2.48. The lowest BCUT2D eigenvalue weighted by molar-refractivity contribution is 0.0588. The van der Waals surface area contributed by atoms with Crippen LogP contribution in [0.3, 0.4) is 0 Å². The van der Waals surface area contributed by atoms with Crippen molar-refractivity contribution in [3.8, 4) is 0 Å². The standard InChI is InChI=1S/C15H32N2O/c1-5-15(6-2)8-10-17(11-9-15)12-14(4,13-18)16-7-3/h16,18H,5-13H2,1-4H3. The summed E-state index contributed by atoms with van der Waals surface area (Å²) in [6, 6.07) is 0. The van der Waals surface area contributed by atoms with Crippen LogP contribution < -0.4 is 5.32 Å². The number of piperidine rings is 1. The van der Waals surface area contributed by atoms with Gasteiger partial charge in [-0.1, -0.05) is 33.6 Å². The highest BCUT2D eigenvalue weighted by atomic mass is 16.3. The van der Waals surface area contributed by atoms with Crippen LogP contribution >= 0.6 is 0 Å². The maximum Gasteiger partial charge on any atom is 0.0623 e. The Labute approximate surface area is 113 Å². The van der Waals surface area contributed by atoms with Crippen molar-refractivity contribution in [1.29, 1.82) is 0 Å². The highest BCUT2D eigenvalue weighted by molar-refractivity contribution is 4.90. The molecule has 0 bridgehead atoms. The molecule has 1 rings (SSSR count). The van der Waals surface area contributed by atoms with Crippen LogP contribution in [0.5, 0.6) is 0 Å². The van der Waals surface area contributed by atoms with Gasteiger partial charge in [-0.3, -0.25) is 0 Å². The first-order valence-electron chi connectivity index (χ1n) is 7.61. The molecule has 0 spiro atoms. The van der Waals surface area contributed by atoms with Gasteiger partial charge < -0.3 is 15.3 Å². The fraction of sp³-hybridized carbons (Fsp3) is 1.00. The summed E-state index contributed by atoms with van der Waals surface area (Å²) in [5, 5.41) is 13.0. The number of nitrogens with zero attached hydrogens (tertiary/aromatic N) is 1. The van der Waals surface area contributed by atoms with Crippen molar-refractivity contribution in [3.05, 3.63) is 0 Å². The summed E-state index contributed by atoms with van der Waals surface area (Å²) < 4.78 is 0. The minimum atomic E-state index is -0.146. The lowest BCUT2D eigenvalue weighted by atomic mass is 9.74. The van der Waals surface area contributed by atoms with Crippen LogP contribution in [0, 0.1) is 5.41 Å². The van der Waals surface area contributed by atoms with E-state index in [2.05, 4.69) is 37.9 Å². The fourth-order valence-corrected chi connectivity index (χ4v) is 3.22. The molecule has 1 aliphatic heterocycles. The molecule has 1 unspecified atom stereocenters. The third-order valence-corrected chi connectivity index (χ3v) is 4.94. The van der Waals surface area contributed by atoms with Crippen molar-refractivity contribution in [3.63, 3.8) is 0 Å². The predicted molar refractivity (Wildman–Crippen MR) is 77.9 cm³/mol. The zero-order chi connectivity index (χ0) is 13.6. The van der Waals surface area contributed by atoms with Crippen molar-refractivity contribution < 1.29 is 5.11 Å². The molecular weight excluding hydrogens is 224 g/mol. The zero-order valence-electron chi connectivity index (χ0n) is 12.8. The first kappa shape index (κ1) is 15.9. The number of aliphatic hydroxyl groups excluding tert-OH is 1. The van der Waals surface area contributed by atoms with Crippen LogP contribution in [0.1, 0.15) is 53.4 Å². The topological polar surface area (TPSA) is 35.5 Å². The molecule has 2 N–H and O–H groups in total. The van der Waals surface area contributed by atoms with E-state index in [9.17, 15) is 5.11 Å². The molecule has 1 fully saturated rings. The van der Waals surface area contributed by atoms with E-state index in [-0.39, 0.29) is 12.1 Å². The molecule has 0 aromatic rings. The second-order valence-electron chi connectivity index (χ2n) is 6.23. The van der Waals surface area contributed by atoms with E-state index in [0.717, 1.165) is 13.1 Å². The van der Waals surface area contributed by atoms with Crippen LogP contribution in [0.15, 0.2) is 0 Å². The van der Waals surface area contributed by atoms with Crippen LogP contribution in [0.4, 0.5) is 0 Å². The first-order chi connectivity index (χ1) is 8.53. The van der Waals surface area contributed by atoms with E-state index >= 15 is 0 Å². The van der Waals surface area contributed by atoms with Crippen LogP contribution in [0.25, 0.3) is 0 Å². The molecule has 1 saturated heterocycles. The van der Waals surface area contributed by atoms with E-state index in [0.29, 0.717) is 5.41 Å². The quantitative estimate of drug-likeness (QED) is 0.733. The lowest BCUT2D eigenvalue weighted by Crippen LogP contribution is -2.55. The summed E-state index contributed by atoms with van der Waals surface area (Å²) in [7, 11) is 0. The minimum absolute atomic E-state index is 0.146. The third-order valence-electron chi connectivity index (χ3n) is 4.94. The van der Waals surface area contributed by atoms with Gasteiger partial charge in [-0.15, -0.1) is 0 Å². The third kappa shape index (κ3) is 3.94. The van der Waals surface area contributed by atoms with Gasteiger partial charge in [-0.25, -0.2) is 0 Å². The number of rotatable bonds is 7. The Morgan fingerprint density at radius 2 is 1.72 bits per heavy atom. The van der Waals surface area contributed by atoms with Gasteiger partial charge in [0.05, 0.1) is 12.1 Å². The number of aliphatic hydroxyl groups is 1. The van der Waals surface area contributed by atoms with Gasteiger partial charge in [-0.2, -0.15) is 0 Å². The summed E-state index contributed by atoms with van der Waals surface area (Å²) in [6.07, 6.45) is 5.24. The van der Waals surface area contributed by atoms with Gasteiger partial charge >= 0.3 is 0 Å². The molecular formula is C15H32N2O. The average Bonchev–Trinajstić information content (AvgIpc) is 2.40. The molecule has 0 aromatic carbocycles. The molecule has 0 aromatic heterocycles. The van der Waals surface area contributed by atoms with Gasteiger partial charge in [0.25, 0.3) is 0 Å². The normalized spacial score (nSPS) is 23.8. The maximum absolute atomic E-state index is 9.55. The van der Waals surface area contributed by atoms with E-state index in [1.54, 1.807) is 0 Å². The number of hydrogen-bond acceptors (Lipinski definition) is 3. The molecule has 18 heavy (non-hydrogen) atoms. The molecule has 1 aliphatic rings. The molecule has 1 atom stereocenters. The lowest BCUT2D eigenvalue weighted by Gasteiger charge is -2.44. The molecule has 0 saturated carbocycles. The summed E-state index contributed by atoms with van der Waals surface area (Å²) in [5.41, 5.74) is 0.442. The molecule has 108 valence electrons. The van der Waals surface area contributed by atoms with Gasteiger partial charge in [0.1, 0.15) is 0 Å². The smallest absolute Gasteiger partial charge is 0.0623 e. The molecule has 0 radical (unpaired) electrons. The van der Waals surface area contributed by atoms with Crippen molar-refractivity contribution in [2.75, 3.05) is 32.8 Å². The maximum atomic E-state index is 9.55. The molecule has 0 amide bonds. The summed E-state index contributed by atoms with van der Waals surface area (Å²) in [5.74, 6) is 0. The fourth-order valence-electron chi connectivity index (χ4n) is 3.22. The van der Waals surface area contributed by atoms with E-state index in [1.165, 1.54) is 38.8 Å². The average molecular weight is 256 g/mol. The van der Waals surface area contributed by atoms with Gasteiger partial charge in [-0.05, 0) is 44.8 Å². The second kappa shape index (κ2) is 6.88. The van der Waals surface area contributed by atoms with E-state index in [1.807, 2.05) is 0 Å². The Hall–Kier alpha value is -0.120. The molecule has 1 heterocycles. The monoisotopic (exact) mass is 256 g/mol. The molecule has 3 nitrogen and oxygen atoms in total. The van der Waals surface area contributed by atoms with Crippen molar-refractivity contribution in [2.45, 2.75) is 58.9 Å². The number of likely N-dealkylation sites (tertiary alicyclic amines) is 1. The number of hydrogen-bond donors (Lipinski definition) is 2. The van der Waals surface area contributed by atoms with Gasteiger partial charge in [0, 0.05) is 6.54 Å². The van der Waals surface area contributed by atoms with Crippen LogP contribution in [0.2, 0.25) is 0 Å². The summed E-state index contributed by atoms with van der Waals surface area (Å²) in [6.45, 7) is 13.3. The van der Waals surface area contributed by atoms with Crippen molar-refractivity contribution in [2.24, 2.45) is 5.41 Å². The Morgan fingerprint density at radius 3 is 2.11 bits per heavy atom. The summed E-state index contributed by atoms with van der Waals surface area (Å²) in [4.78, 5) is 2.52. The second-order valence-corrected chi connectivity index (χ2v) is 6.23. The number of nitrogens with one attached hydrogen (secondary N) is 1. The molecule has 3 heteroatoms. The molecule has 0 aliphatic carbocycles.